The Hall–Kier alpha value is -0.730. The van der Waals surface area contributed by atoms with Gasteiger partial charge in [-0.2, -0.15) is 0 Å². The topological polar surface area (TPSA) is 21.3 Å². The van der Waals surface area contributed by atoms with Gasteiger partial charge >= 0.3 is 0 Å². The highest BCUT2D eigenvalue weighted by Crippen LogP contribution is 2.52. The predicted octanol–water partition coefficient (Wildman–Crippen LogP) is 3.45. The molecule has 1 N–H and O–H groups in total. The van der Waals surface area contributed by atoms with E-state index < -0.39 is 0 Å². The molecule has 2 rings (SSSR count). The minimum Gasteiger partial charge on any atom is -0.496 e. The Morgan fingerprint density at radius 3 is 2.88 bits per heavy atom. The Morgan fingerprint density at radius 2 is 2.24 bits per heavy atom. The lowest BCUT2D eigenvalue weighted by atomic mass is 10.1. The Balaban J connectivity index is 2.05. The molecule has 1 aliphatic rings. The Kier molecular flexibility index (Phi) is 3.95. The van der Waals surface area contributed by atoms with E-state index in [2.05, 4.69) is 19.2 Å². The van der Waals surface area contributed by atoms with E-state index in [0.717, 1.165) is 17.3 Å². The minimum atomic E-state index is 0.546. The standard InChI is InChI=1S/C14H20ClNO/c1-9(2)16-8-10-7-11(10)14-12(15)5-4-6-13(14)17-3/h4-6,9-11,16H,7-8H2,1-3H3. The second-order valence-electron chi connectivity index (χ2n) is 5.02. The van der Waals surface area contributed by atoms with Crippen LogP contribution >= 0.6 is 11.6 Å². The zero-order chi connectivity index (χ0) is 12.4. The van der Waals surface area contributed by atoms with Crippen LogP contribution in [0.3, 0.4) is 0 Å². The van der Waals surface area contributed by atoms with Gasteiger partial charge in [-0.25, -0.2) is 0 Å². The van der Waals surface area contributed by atoms with Crippen LogP contribution in [0.4, 0.5) is 0 Å². The van der Waals surface area contributed by atoms with Crippen LogP contribution in [0.2, 0.25) is 5.02 Å². The molecule has 0 spiro atoms. The summed E-state index contributed by atoms with van der Waals surface area (Å²) < 4.78 is 5.40. The summed E-state index contributed by atoms with van der Waals surface area (Å²) in [7, 11) is 1.71. The van der Waals surface area contributed by atoms with E-state index in [0.29, 0.717) is 17.9 Å². The normalized spacial score (nSPS) is 22.9. The van der Waals surface area contributed by atoms with Crippen LogP contribution in [0, 0.1) is 5.92 Å². The molecule has 0 aromatic heterocycles. The summed E-state index contributed by atoms with van der Waals surface area (Å²) in [6.07, 6.45) is 1.21. The molecule has 3 heteroatoms. The molecule has 1 saturated carbocycles. The van der Waals surface area contributed by atoms with Crippen molar-refractivity contribution in [2.24, 2.45) is 5.92 Å². The summed E-state index contributed by atoms with van der Waals surface area (Å²) in [5, 5.41) is 4.31. The number of hydrogen-bond donors (Lipinski definition) is 1. The highest BCUT2D eigenvalue weighted by molar-refractivity contribution is 6.31. The van der Waals surface area contributed by atoms with E-state index in [-0.39, 0.29) is 0 Å². The van der Waals surface area contributed by atoms with E-state index in [4.69, 9.17) is 16.3 Å². The third-order valence-corrected chi connectivity index (χ3v) is 3.64. The maximum atomic E-state index is 6.27. The van der Waals surface area contributed by atoms with E-state index in [1.807, 2.05) is 18.2 Å². The summed E-state index contributed by atoms with van der Waals surface area (Å²) in [6, 6.07) is 6.43. The Bertz CT molecular complexity index is 392. The summed E-state index contributed by atoms with van der Waals surface area (Å²) in [5.74, 6) is 2.19. The summed E-state index contributed by atoms with van der Waals surface area (Å²) in [4.78, 5) is 0. The number of halogens is 1. The predicted molar refractivity (Wildman–Crippen MR) is 72.0 cm³/mol. The Morgan fingerprint density at radius 1 is 1.47 bits per heavy atom. The molecule has 0 saturated heterocycles. The molecule has 0 aliphatic heterocycles. The van der Waals surface area contributed by atoms with Crippen LogP contribution in [0.5, 0.6) is 5.75 Å². The first-order valence-electron chi connectivity index (χ1n) is 6.19. The molecule has 0 amide bonds. The molecule has 1 aliphatic carbocycles. The first-order chi connectivity index (χ1) is 8.13. The minimum absolute atomic E-state index is 0.546. The largest absolute Gasteiger partial charge is 0.496 e. The van der Waals surface area contributed by atoms with Crippen molar-refractivity contribution in [2.75, 3.05) is 13.7 Å². The molecule has 0 bridgehead atoms. The van der Waals surface area contributed by atoms with Crippen molar-refractivity contribution in [1.82, 2.24) is 5.32 Å². The van der Waals surface area contributed by atoms with Crippen molar-refractivity contribution in [3.8, 4) is 5.75 Å². The van der Waals surface area contributed by atoms with Crippen LogP contribution in [-0.2, 0) is 0 Å². The van der Waals surface area contributed by atoms with Crippen molar-refractivity contribution in [3.05, 3.63) is 28.8 Å². The fourth-order valence-electron chi connectivity index (χ4n) is 2.27. The monoisotopic (exact) mass is 253 g/mol. The zero-order valence-corrected chi connectivity index (χ0v) is 11.4. The van der Waals surface area contributed by atoms with Gasteiger partial charge in [-0.1, -0.05) is 31.5 Å². The molecular weight excluding hydrogens is 234 g/mol. The molecule has 2 atom stereocenters. The SMILES string of the molecule is COc1cccc(Cl)c1C1CC1CNC(C)C. The van der Waals surface area contributed by atoms with Gasteiger partial charge in [0.05, 0.1) is 7.11 Å². The van der Waals surface area contributed by atoms with Crippen LogP contribution in [-0.4, -0.2) is 19.7 Å². The van der Waals surface area contributed by atoms with Crippen molar-refractivity contribution < 1.29 is 4.74 Å². The number of ether oxygens (including phenoxy) is 1. The van der Waals surface area contributed by atoms with Crippen LogP contribution in [0.15, 0.2) is 18.2 Å². The second kappa shape index (κ2) is 5.28. The van der Waals surface area contributed by atoms with E-state index in [1.165, 1.54) is 12.0 Å². The quantitative estimate of drug-likeness (QED) is 0.868. The van der Waals surface area contributed by atoms with Gasteiger partial charge in [0.2, 0.25) is 0 Å². The average molecular weight is 254 g/mol. The van der Waals surface area contributed by atoms with Crippen molar-refractivity contribution >= 4 is 11.6 Å². The fourth-order valence-corrected chi connectivity index (χ4v) is 2.57. The van der Waals surface area contributed by atoms with Gasteiger partial charge in [0.25, 0.3) is 0 Å². The number of benzene rings is 1. The third kappa shape index (κ3) is 2.93. The molecule has 0 radical (unpaired) electrons. The second-order valence-corrected chi connectivity index (χ2v) is 5.43. The molecule has 1 fully saturated rings. The van der Waals surface area contributed by atoms with Gasteiger partial charge in [0.15, 0.2) is 0 Å². The van der Waals surface area contributed by atoms with Crippen LogP contribution in [0.1, 0.15) is 31.7 Å². The van der Waals surface area contributed by atoms with Crippen LogP contribution < -0.4 is 10.1 Å². The zero-order valence-electron chi connectivity index (χ0n) is 10.7. The lowest BCUT2D eigenvalue weighted by molar-refractivity contribution is 0.409. The number of rotatable bonds is 5. The van der Waals surface area contributed by atoms with E-state index in [9.17, 15) is 0 Å². The van der Waals surface area contributed by atoms with Gasteiger partial charge in [-0.15, -0.1) is 0 Å². The molecule has 94 valence electrons. The third-order valence-electron chi connectivity index (χ3n) is 3.31. The Labute approximate surface area is 108 Å². The summed E-state index contributed by atoms with van der Waals surface area (Å²) in [5.41, 5.74) is 1.19. The van der Waals surface area contributed by atoms with Gasteiger partial charge < -0.3 is 10.1 Å². The fraction of sp³-hybridized carbons (Fsp3) is 0.571. The van der Waals surface area contributed by atoms with Crippen molar-refractivity contribution in [1.29, 1.82) is 0 Å². The molecule has 17 heavy (non-hydrogen) atoms. The van der Waals surface area contributed by atoms with Crippen molar-refractivity contribution in [3.63, 3.8) is 0 Å². The maximum Gasteiger partial charge on any atom is 0.123 e. The molecular formula is C14H20ClNO. The lowest BCUT2D eigenvalue weighted by Crippen LogP contribution is -2.25. The highest BCUT2D eigenvalue weighted by atomic mass is 35.5. The van der Waals surface area contributed by atoms with Gasteiger partial charge in [-0.05, 0) is 36.9 Å². The van der Waals surface area contributed by atoms with Gasteiger partial charge in [0.1, 0.15) is 5.75 Å². The smallest absolute Gasteiger partial charge is 0.123 e. The first kappa shape index (κ1) is 12.7. The number of methoxy groups -OCH3 is 1. The van der Waals surface area contributed by atoms with E-state index in [1.54, 1.807) is 7.11 Å². The molecule has 2 nitrogen and oxygen atoms in total. The van der Waals surface area contributed by atoms with E-state index >= 15 is 0 Å². The average Bonchev–Trinajstić information content (AvgIpc) is 3.05. The molecule has 1 aromatic carbocycles. The van der Waals surface area contributed by atoms with Gasteiger partial charge in [0, 0.05) is 16.6 Å². The molecule has 2 unspecified atom stereocenters. The van der Waals surface area contributed by atoms with Gasteiger partial charge in [-0.3, -0.25) is 0 Å². The molecule has 0 heterocycles. The van der Waals surface area contributed by atoms with Crippen LogP contribution in [0.25, 0.3) is 0 Å². The number of nitrogens with one attached hydrogen (secondary N) is 1. The molecule has 1 aromatic rings. The summed E-state index contributed by atoms with van der Waals surface area (Å²) >= 11 is 6.27. The highest BCUT2D eigenvalue weighted by Gasteiger charge is 2.40. The lowest BCUT2D eigenvalue weighted by Gasteiger charge is -2.11. The first-order valence-corrected chi connectivity index (χ1v) is 6.57. The maximum absolute atomic E-state index is 6.27. The summed E-state index contributed by atoms with van der Waals surface area (Å²) in [6.45, 7) is 5.41. The van der Waals surface area contributed by atoms with Crippen molar-refractivity contribution in [2.45, 2.75) is 32.2 Å². The number of hydrogen-bond acceptors (Lipinski definition) is 2.